The summed E-state index contributed by atoms with van der Waals surface area (Å²) in [6.07, 6.45) is -3.63. The SMILES string of the molecule is [2H]C([2H])([2H])C([2H])([O])C([2H])([2H])[2H]. The molecule has 0 atom stereocenters. The van der Waals surface area contributed by atoms with Gasteiger partial charge in [-0.1, -0.05) is 0 Å². The zero-order valence-corrected chi connectivity index (χ0v) is 1.91. The van der Waals surface area contributed by atoms with Gasteiger partial charge in [0.1, 0.15) is 0 Å². The quantitative estimate of drug-likeness (QED) is 0.399. The second-order valence-electron chi connectivity index (χ2n) is 0.329. The average molecular weight is 66.1 g/mol. The topological polar surface area (TPSA) is 19.9 Å². The molecule has 0 saturated heterocycles. The molecule has 0 spiro atoms. The van der Waals surface area contributed by atoms with E-state index in [4.69, 9.17) is 9.60 Å². The molecular weight excluding hydrogens is 52.0 g/mol. The third kappa shape index (κ3) is 1130. The Labute approximate surface area is 36.1 Å². The van der Waals surface area contributed by atoms with Crippen LogP contribution in [0.25, 0.3) is 0 Å². The van der Waals surface area contributed by atoms with Crippen molar-refractivity contribution in [3.05, 3.63) is 0 Å². The summed E-state index contributed by atoms with van der Waals surface area (Å²) >= 11 is 0. The maximum atomic E-state index is 10.7. The van der Waals surface area contributed by atoms with E-state index in [-0.39, 0.29) is 0 Å². The van der Waals surface area contributed by atoms with Crippen molar-refractivity contribution in [3.63, 3.8) is 0 Å². The fourth-order valence-corrected chi connectivity index (χ4v) is 0. The fourth-order valence-electron chi connectivity index (χ4n) is 0. The fraction of sp³-hybridized carbons (Fsp3) is 1.00. The molecular formula is C3H7O. The van der Waals surface area contributed by atoms with Crippen LogP contribution in [0.4, 0.5) is 0 Å². The van der Waals surface area contributed by atoms with Crippen LogP contribution in [0.15, 0.2) is 0 Å². The Morgan fingerprint density at radius 3 is 2.75 bits per heavy atom. The molecule has 0 heterocycles. The standard InChI is InChI=1S/C3H7O/c1-3(2)4/h3H,1-2H3/i1D3,2D3,3D. The van der Waals surface area contributed by atoms with Gasteiger partial charge in [0.15, 0.2) is 0 Å². The molecule has 0 rings (SSSR count). The van der Waals surface area contributed by atoms with E-state index in [1.165, 1.54) is 0 Å². The largest absolute Gasteiger partial charge is 0.234 e. The van der Waals surface area contributed by atoms with Crippen molar-refractivity contribution in [3.8, 4) is 0 Å². The summed E-state index contributed by atoms with van der Waals surface area (Å²) in [4.78, 5) is 0. The van der Waals surface area contributed by atoms with Crippen molar-refractivity contribution in [2.24, 2.45) is 0 Å². The van der Waals surface area contributed by atoms with Crippen LogP contribution in [0.2, 0.25) is 0 Å². The molecule has 0 amide bonds. The maximum absolute atomic E-state index is 10.7. The Balaban J connectivity index is 4.75. The predicted molar refractivity (Wildman–Crippen MR) is 15.8 cm³/mol. The molecule has 0 saturated carbocycles. The smallest absolute Gasteiger partial charge is 0.0874 e. The van der Waals surface area contributed by atoms with E-state index in [1.807, 2.05) is 0 Å². The molecule has 25 valence electrons. The Hall–Kier alpha value is -0.0400. The summed E-state index contributed by atoms with van der Waals surface area (Å²) in [6, 6.07) is 0. The van der Waals surface area contributed by atoms with Crippen molar-refractivity contribution < 1.29 is 14.7 Å². The van der Waals surface area contributed by atoms with Gasteiger partial charge in [-0.3, -0.25) is 0 Å². The lowest BCUT2D eigenvalue weighted by Crippen LogP contribution is -1.81. The van der Waals surface area contributed by atoms with Crippen LogP contribution in [-0.4, -0.2) is 6.08 Å². The zero-order chi connectivity index (χ0) is 9.50. The molecule has 0 aliphatic rings. The van der Waals surface area contributed by atoms with Crippen LogP contribution >= 0.6 is 0 Å². The Kier molecular flexibility index (Phi) is 0.113. The van der Waals surface area contributed by atoms with Crippen LogP contribution in [0, 0.1) is 0 Å². The van der Waals surface area contributed by atoms with Gasteiger partial charge in [0.25, 0.3) is 0 Å². The van der Waals surface area contributed by atoms with Gasteiger partial charge in [0.2, 0.25) is 0 Å². The molecule has 0 bridgehead atoms. The van der Waals surface area contributed by atoms with Crippen molar-refractivity contribution in [1.29, 1.82) is 0 Å². The molecule has 0 aliphatic heterocycles. The molecule has 1 radical (unpaired) electrons. The first-order chi connectivity index (χ1) is 4.50. The molecule has 0 unspecified atom stereocenters. The minimum Gasteiger partial charge on any atom is -0.234 e. The molecule has 0 aromatic heterocycles. The normalized spacial score (nSPS) is 43.8. The molecule has 4 heavy (non-hydrogen) atoms. The first-order valence-electron chi connectivity index (χ1n) is 4.20. The second-order valence-corrected chi connectivity index (χ2v) is 0.329. The van der Waals surface area contributed by atoms with E-state index in [2.05, 4.69) is 0 Å². The molecule has 0 aromatic rings. The van der Waals surface area contributed by atoms with E-state index in [0.717, 1.165) is 0 Å². The highest BCUT2D eigenvalue weighted by atomic mass is 16.3. The minimum absolute atomic E-state index is 3.32. The van der Waals surface area contributed by atoms with Gasteiger partial charge in [-0.05, 0) is 13.7 Å². The van der Waals surface area contributed by atoms with E-state index in [0.29, 0.717) is 0 Å². The molecule has 1 heteroatoms. The Morgan fingerprint density at radius 2 is 2.75 bits per heavy atom. The Bertz CT molecular complexity index is 125. The lowest BCUT2D eigenvalue weighted by molar-refractivity contribution is 0.122. The van der Waals surface area contributed by atoms with Crippen LogP contribution in [-0.2, 0) is 5.11 Å². The lowest BCUT2D eigenvalue weighted by Gasteiger charge is -1.74. The zero-order valence-electron chi connectivity index (χ0n) is 8.91. The van der Waals surface area contributed by atoms with Gasteiger partial charge >= 0.3 is 0 Å². The summed E-state index contributed by atoms with van der Waals surface area (Å²) in [7, 11) is 0. The van der Waals surface area contributed by atoms with Gasteiger partial charge in [-0.25, -0.2) is 5.11 Å². The predicted octanol–water partition coefficient (Wildman–Crippen LogP) is 0.825. The van der Waals surface area contributed by atoms with Gasteiger partial charge in [-0.2, -0.15) is 0 Å². The van der Waals surface area contributed by atoms with Crippen LogP contribution in [0.5, 0.6) is 0 Å². The van der Waals surface area contributed by atoms with Crippen LogP contribution in [0.3, 0.4) is 0 Å². The first-order valence-corrected chi connectivity index (χ1v) is 0.704. The number of rotatable bonds is 0. The van der Waals surface area contributed by atoms with Crippen molar-refractivity contribution in [2.45, 2.75) is 19.8 Å². The minimum atomic E-state index is -3.63. The van der Waals surface area contributed by atoms with E-state index >= 15 is 0 Å². The monoisotopic (exact) mass is 66.1 g/mol. The van der Waals surface area contributed by atoms with Crippen LogP contribution in [0.1, 0.15) is 23.3 Å². The summed E-state index contributed by atoms with van der Waals surface area (Å²) < 4.78 is 45.3. The summed E-state index contributed by atoms with van der Waals surface area (Å²) in [5.41, 5.74) is 0. The highest BCUT2D eigenvalue weighted by Gasteiger charge is 1.73. The number of hydrogen-bond acceptors (Lipinski definition) is 0. The summed E-state index contributed by atoms with van der Waals surface area (Å²) in [5, 5.41) is 10.7. The van der Waals surface area contributed by atoms with Crippen molar-refractivity contribution in [2.75, 3.05) is 0 Å². The summed E-state index contributed by atoms with van der Waals surface area (Å²) in [6.45, 7) is -6.64. The third-order valence-electron chi connectivity index (χ3n) is 0. The first kappa shape index (κ1) is 0.350. The lowest BCUT2D eigenvalue weighted by atomic mass is 10.5. The van der Waals surface area contributed by atoms with E-state index in [1.54, 1.807) is 0 Å². The second kappa shape index (κ2) is 1.30. The molecule has 0 N–H and O–H groups in total. The summed E-state index contributed by atoms with van der Waals surface area (Å²) in [5.74, 6) is 0. The van der Waals surface area contributed by atoms with Gasteiger partial charge < -0.3 is 0 Å². The molecule has 1 nitrogen and oxygen atoms in total. The van der Waals surface area contributed by atoms with Crippen LogP contribution < -0.4 is 0 Å². The average Bonchev–Trinajstić information content (AvgIpc) is 1.58. The molecule has 0 fully saturated rings. The van der Waals surface area contributed by atoms with Crippen molar-refractivity contribution >= 4 is 0 Å². The van der Waals surface area contributed by atoms with Gasteiger partial charge in [0.05, 0.1) is 7.45 Å². The number of hydrogen-bond donors (Lipinski definition) is 0. The highest BCUT2D eigenvalue weighted by Crippen LogP contribution is 1.67. The molecule has 0 aliphatic carbocycles. The van der Waals surface area contributed by atoms with E-state index in [9.17, 15) is 5.11 Å². The molecule has 0 aromatic carbocycles. The highest BCUT2D eigenvalue weighted by molar-refractivity contribution is 4.20. The van der Waals surface area contributed by atoms with Gasteiger partial charge in [0, 0.05) is 8.22 Å². The third-order valence-corrected chi connectivity index (χ3v) is 0. The maximum Gasteiger partial charge on any atom is 0.0874 e. The van der Waals surface area contributed by atoms with Gasteiger partial charge in [-0.15, -0.1) is 0 Å². The Morgan fingerprint density at radius 1 is 2.25 bits per heavy atom. The van der Waals surface area contributed by atoms with E-state index < -0.39 is 19.8 Å². The van der Waals surface area contributed by atoms with Crippen molar-refractivity contribution in [1.82, 2.24) is 0 Å².